The summed E-state index contributed by atoms with van der Waals surface area (Å²) >= 11 is 0. The molecule has 7 nitrogen and oxygen atoms in total. The molecule has 0 aliphatic carbocycles. The zero-order valence-electron chi connectivity index (χ0n) is 14.6. The van der Waals surface area contributed by atoms with Crippen molar-refractivity contribution in [3.05, 3.63) is 53.2 Å². The highest BCUT2D eigenvalue weighted by Gasteiger charge is 2.34. The number of nitrogens with one attached hydrogen (secondary N) is 1. The molecule has 1 aliphatic heterocycles. The van der Waals surface area contributed by atoms with Crippen LogP contribution in [0.2, 0.25) is 0 Å². The van der Waals surface area contributed by atoms with Crippen LogP contribution in [0.4, 0.5) is 5.69 Å². The molecule has 0 radical (unpaired) electrons. The number of ether oxygens (including phenoxy) is 1. The van der Waals surface area contributed by atoms with Gasteiger partial charge in [-0.15, -0.1) is 0 Å². The SMILES string of the molecule is COc1ccc(NC(=O)CCCN2C(=O)c3ccc(C)cc3C2=O)cn1. The minimum absolute atomic E-state index is 0.193. The van der Waals surface area contributed by atoms with Crippen LogP contribution in [0.25, 0.3) is 0 Å². The van der Waals surface area contributed by atoms with Gasteiger partial charge in [-0.2, -0.15) is 0 Å². The molecular formula is C19H19N3O4. The smallest absolute Gasteiger partial charge is 0.261 e. The molecule has 2 aromatic rings. The zero-order chi connectivity index (χ0) is 18.7. The number of anilines is 1. The van der Waals surface area contributed by atoms with Crippen LogP contribution in [0, 0.1) is 6.92 Å². The predicted octanol–water partition coefficient (Wildman–Crippen LogP) is 2.41. The van der Waals surface area contributed by atoms with E-state index < -0.39 is 0 Å². The summed E-state index contributed by atoms with van der Waals surface area (Å²) in [7, 11) is 1.52. The van der Waals surface area contributed by atoms with Gasteiger partial charge in [0.25, 0.3) is 11.8 Å². The van der Waals surface area contributed by atoms with Crippen LogP contribution in [0.3, 0.4) is 0 Å². The first-order valence-electron chi connectivity index (χ1n) is 8.26. The number of carbonyl (C=O) groups is 3. The molecule has 2 heterocycles. The maximum atomic E-state index is 12.4. The van der Waals surface area contributed by atoms with Gasteiger partial charge in [0.15, 0.2) is 0 Å². The topological polar surface area (TPSA) is 88.6 Å². The van der Waals surface area contributed by atoms with Crippen LogP contribution in [-0.2, 0) is 4.79 Å². The highest BCUT2D eigenvalue weighted by atomic mass is 16.5. The number of imide groups is 1. The summed E-state index contributed by atoms with van der Waals surface area (Å²) in [6.45, 7) is 2.08. The van der Waals surface area contributed by atoms with Crippen molar-refractivity contribution < 1.29 is 19.1 Å². The molecule has 0 bridgehead atoms. The molecule has 1 aromatic carbocycles. The molecule has 1 aromatic heterocycles. The molecule has 134 valence electrons. The largest absolute Gasteiger partial charge is 0.481 e. The lowest BCUT2D eigenvalue weighted by atomic mass is 10.1. The normalized spacial score (nSPS) is 12.9. The standard InChI is InChI=1S/C19H19N3O4/c1-12-5-7-14-15(10-12)19(25)22(18(14)24)9-3-4-16(23)21-13-6-8-17(26-2)20-11-13/h5-8,10-11H,3-4,9H2,1-2H3,(H,21,23). The second kappa shape index (κ2) is 7.35. The molecule has 0 saturated carbocycles. The molecule has 3 amide bonds. The minimum atomic E-state index is -0.301. The number of benzene rings is 1. The maximum absolute atomic E-state index is 12.4. The predicted molar refractivity (Wildman–Crippen MR) is 95.2 cm³/mol. The molecule has 3 rings (SSSR count). The Balaban J connectivity index is 1.52. The van der Waals surface area contributed by atoms with Gasteiger partial charge in [-0.05, 0) is 31.5 Å². The molecule has 7 heteroatoms. The van der Waals surface area contributed by atoms with Gasteiger partial charge in [-0.1, -0.05) is 11.6 Å². The Bertz CT molecular complexity index is 862. The molecule has 0 fully saturated rings. The van der Waals surface area contributed by atoms with Gasteiger partial charge in [0.2, 0.25) is 11.8 Å². The van der Waals surface area contributed by atoms with Gasteiger partial charge >= 0.3 is 0 Å². The highest BCUT2D eigenvalue weighted by molar-refractivity contribution is 6.21. The Morgan fingerprint density at radius 3 is 2.62 bits per heavy atom. The first kappa shape index (κ1) is 17.6. The summed E-state index contributed by atoms with van der Waals surface area (Å²) in [6, 6.07) is 8.55. The van der Waals surface area contributed by atoms with E-state index in [-0.39, 0.29) is 30.7 Å². The summed E-state index contributed by atoms with van der Waals surface area (Å²) in [4.78, 5) is 41.9. The van der Waals surface area contributed by atoms with Gasteiger partial charge in [-0.3, -0.25) is 19.3 Å². The van der Waals surface area contributed by atoms with E-state index in [1.165, 1.54) is 18.2 Å². The van der Waals surface area contributed by atoms with Crippen molar-refractivity contribution in [3.63, 3.8) is 0 Å². The number of hydrogen-bond acceptors (Lipinski definition) is 5. The third-order valence-corrected chi connectivity index (χ3v) is 4.14. The van der Waals surface area contributed by atoms with Crippen molar-refractivity contribution in [2.24, 2.45) is 0 Å². The van der Waals surface area contributed by atoms with Gasteiger partial charge in [-0.25, -0.2) is 4.98 Å². The molecule has 1 N–H and O–H groups in total. The fourth-order valence-electron chi connectivity index (χ4n) is 2.80. The van der Waals surface area contributed by atoms with Crippen molar-refractivity contribution in [1.29, 1.82) is 0 Å². The Hall–Kier alpha value is -3.22. The summed E-state index contributed by atoms with van der Waals surface area (Å²) < 4.78 is 4.96. The number of carbonyl (C=O) groups excluding carboxylic acids is 3. The van der Waals surface area contributed by atoms with Crippen molar-refractivity contribution in [2.45, 2.75) is 19.8 Å². The van der Waals surface area contributed by atoms with E-state index >= 15 is 0 Å². The number of rotatable bonds is 6. The van der Waals surface area contributed by atoms with Gasteiger partial charge < -0.3 is 10.1 Å². The lowest BCUT2D eigenvalue weighted by Crippen LogP contribution is -2.31. The fraction of sp³-hybridized carbons (Fsp3) is 0.263. The third-order valence-electron chi connectivity index (χ3n) is 4.14. The fourth-order valence-corrected chi connectivity index (χ4v) is 2.80. The Kier molecular flexibility index (Phi) is 4.97. The van der Waals surface area contributed by atoms with E-state index in [0.29, 0.717) is 29.1 Å². The average molecular weight is 353 g/mol. The van der Waals surface area contributed by atoms with Crippen LogP contribution in [0.5, 0.6) is 5.88 Å². The number of aryl methyl sites for hydroxylation is 1. The van der Waals surface area contributed by atoms with E-state index in [9.17, 15) is 14.4 Å². The number of pyridine rings is 1. The molecule has 0 atom stereocenters. The first-order valence-corrected chi connectivity index (χ1v) is 8.26. The third kappa shape index (κ3) is 3.56. The van der Waals surface area contributed by atoms with Crippen molar-refractivity contribution in [3.8, 4) is 5.88 Å². The monoisotopic (exact) mass is 353 g/mol. The summed E-state index contributed by atoms with van der Waals surface area (Å²) in [5.41, 5.74) is 2.35. The number of hydrogen-bond donors (Lipinski definition) is 1. The lowest BCUT2D eigenvalue weighted by molar-refractivity contribution is -0.116. The van der Waals surface area contributed by atoms with E-state index in [1.807, 2.05) is 13.0 Å². The van der Waals surface area contributed by atoms with Crippen molar-refractivity contribution >= 4 is 23.4 Å². The van der Waals surface area contributed by atoms with Gasteiger partial charge in [0.05, 0.1) is 30.1 Å². The summed E-state index contributed by atoms with van der Waals surface area (Å²) in [5, 5.41) is 2.72. The zero-order valence-corrected chi connectivity index (χ0v) is 14.6. The second-order valence-electron chi connectivity index (χ2n) is 6.05. The van der Waals surface area contributed by atoms with E-state index in [2.05, 4.69) is 10.3 Å². The quantitative estimate of drug-likeness (QED) is 0.806. The van der Waals surface area contributed by atoms with Crippen LogP contribution in [0.1, 0.15) is 39.1 Å². The minimum Gasteiger partial charge on any atom is -0.481 e. The molecular weight excluding hydrogens is 334 g/mol. The van der Waals surface area contributed by atoms with Crippen LogP contribution < -0.4 is 10.1 Å². The Labute approximate surface area is 151 Å². The van der Waals surface area contributed by atoms with Crippen LogP contribution in [-0.4, -0.2) is 41.3 Å². The van der Waals surface area contributed by atoms with Crippen molar-refractivity contribution in [1.82, 2.24) is 9.88 Å². The number of methoxy groups -OCH3 is 1. The number of nitrogens with zero attached hydrogens (tertiary/aromatic N) is 2. The highest BCUT2D eigenvalue weighted by Crippen LogP contribution is 2.24. The molecule has 0 saturated heterocycles. The number of amides is 3. The van der Waals surface area contributed by atoms with E-state index in [1.54, 1.807) is 24.3 Å². The molecule has 1 aliphatic rings. The van der Waals surface area contributed by atoms with Crippen LogP contribution in [0.15, 0.2) is 36.5 Å². The summed E-state index contributed by atoms with van der Waals surface area (Å²) in [5.74, 6) is -0.341. The second-order valence-corrected chi connectivity index (χ2v) is 6.05. The lowest BCUT2D eigenvalue weighted by Gasteiger charge is -2.13. The number of fused-ring (bicyclic) bond motifs is 1. The van der Waals surface area contributed by atoms with Crippen LogP contribution >= 0.6 is 0 Å². The molecule has 26 heavy (non-hydrogen) atoms. The van der Waals surface area contributed by atoms with E-state index in [4.69, 9.17) is 4.74 Å². The molecule has 0 spiro atoms. The van der Waals surface area contributed by atoms with Gasteiger partial charge in [0, 0.05) is 19.0 Å². The molecule has 0 unspecified atom stereocenters. The van der Waals surface area contributed by atoms with Gasteiger partial charge in [0.1, 0.15) is 0 Å². The summed E-state index contributed by atoms with van der Waals surface area (Å²) in [6.07, 6.45) is 2.08. The Morgan fingerprint density at radius 2 is 1.92 bits per heavy atom. The maximum Gasteiger partial charge on any atom is 0.261 e. The first-order chi connectivity index (χ1) is 12.5. The average Bonchev–Trinajstić information content (AvgIpc) is 2.86. The Morgan fingerprint density at radius 1 is 1.15 bits per heavy atom. The van der Waals surface area contributed by atoms with Crippen molar-refractivity contribution in [2.75, 3.05) is 19.0 Å². The van der Waals surface area contributed by atoms with E-state index in [0.717, 1.165) is 5.56 Å². The number of aromatic nitrogens is 1.